The van der Waals surface area contributed by atoms with E-state index in [2.05, 4.69) is 0 Å². The second-order valence-electron chi connectivity index (χ2n) is 5.60. The van der Waals surface area contributed by atoms with E-state index in [1.54, 1.807) is 19.2 Å². The van der Waals surface area contributed by atoms with E-state index < -0.39 is 6.10 Å². The van der Waals surface area contributed by atoms with Crippen LogP contribution >= 0.6 is 0 Å². The Balaban J connectivity index is 1.88. The minimum atomic E-state index is -0.672. The lowest BCUT2D eigenvalue weighted by Crippen LogP contribution is -2.37. The van der Waals surface area contributed by atoms with Crippen LogP contribution < -0.4 is 4.74 Å². The predicted octanol–water partition coefficient (Wildman–Crippen LogP) is 2.71. The zero-order valence-electron chi connectivity index (χ0n) is 13.9. The lowest BCUT2D eigenvalue weighted by Gasteiger charge is -2.25. The van der Waals surface area contributed by atoms with Gasteiger partial charge in [0, 0.05) is 32.3 Å². The van der Waals surface area contributed by atoms with Crippen LogP contribution in [0.1, 0.15) is 5.56 Å². The Morgan fingerprint density at radius 1 is 1.08 bits per heavy atom. The molecule has 0 saturated carbocycles. The topological polar surface area (TPSA) is 41.9 Å². The summed E-state index contributed by atoms with van der Waals surface area (Å²) >= 11 is 0. The highest BCUT2D eigenvalue weighted by Gasteiger charge is 2.14. The third kappa shape index (κ3) is 6.28. The molecule has 0 aliphatic heterocycles. The lowest BCUT2D eigenvalue weighted by molar-refractivity contribution is 0.0538. The number of methoxy groups -OCH3 is 1. The average molecular weight is 333 g/mol. The molecule has 0 saturated heterocycles. The Bertz CT molecular complexity index is 594. The molecule has 130 valence electrons. The van der Waals surface area contributed by atoms with Gasteiger partial charge in [0.1, 0.15) is 24.3 Å². The molecule has 2 rings (SSSR count). The van der Waals surface area contributed by atoms with Gasteiger partial charge in [-0.3, -0.25) is 4.90 Å². The smallest absolute Gasteiger partial charge is 0.127 e. The van der Waals surface area contributed by atoms with Crippen molar-refractivity contribution in [2.24, 2.45) is 0 Å². The van der Waals surface area contributed by atoms with Gasteiger partial charge in [-0.25, -0.2) is 4.39 Å². The molecule has 2 aromatic carbocycles. The number of rotatable bonds is 10. The Morgan fingerprint density at radius 3 is 2.50 bits per heavy atom. The van der Waals surface area contributed by atoms with Crippen LogP contribution in [-0.4, -0.2) is 49.5 Å². The van der Waals surface area contributed by atoms with E-state index in [0.717, 1.165) is 0 Å². The van der Waals surface area contributed by atoms with Crippen LogP contribution in [0.4, 0.5) is 4.39 Å². The summed E-state index contributed by atoms with van der Waals surface area (Å²) in [6.07, 6.45) is -0.672. The molecular formula is C19H24FNO3. The third-order valence-electron chi connectivity index (χ3n) is 3.62. The summed E-state index contributed by atoms with van der Waals surface area (Å²) in [5.41, 5.74) is 0.602. The molecule has 2 aromatic rings. The minimum Gasteiger partial charge on any atom is -0.491 e. The molecule has 0 amide bonds. The molecule has 0 unspecified atom stereocenters. The van der Waals surface area contributed by atoms with Crippen LogP contribution in [0.2, 0.25) is 0 Å². The molecule has 0 bridgehead atoms. The number of benzene rings is 2. The number of para-hydroxylation sites is 1. The maximum Gasteiger partial charge on any atom is 0.127 e. The SMILES string of the molecule is COCCN(Cc1ccccc1F)C[C@@H](O)COc1ccccc1. The molecular weight excluding hydrogens is 309 g/mol. The van der Waals surface area contributed by atoms with Crippen molar-refractivity contribution in [2.75, 3.05) is 33.4 Å². The molecule has 24 heavy (non-hydrogen) atoms. The van der Waals surface area contributed by atoms with E-state index in [9.17, 15) is 9.50 Å². The predicted molar refractivity (Wildman–Crippen MR) is 91.5 cm³/mol. The van der Waals surface area contributed by atoms with Crippen LogP contribution in [-0.2, 0) is 11.3 Å². The van der Waals surface area contributed by atoms with Crippen molar-refractivity contribution in [3.63, 3.8) is 0 Å². The molecule has 5 heteroatoms. The molecule has 0 aliphatic carbocycles. The van der Waals surface area contributed by atoms with Gasteiger partial charge in [-0.05, 0) is 18.2 Å². The summed E-state index contributed by atoms with van der Waals surface area (Å²) in [4.78, 5) is 1.96. The van der Waals surface area contributed by atoms with Crippen molar-refractivity contribution in [3.05, 3.63) is 66.0 Å². The number of hydrogen-bond acceptors (Lipinski definition) is 4. The Morgan fingerprint density at radius 2 is 1.79 bits per heavy atom. The quantitative estimate of drug-likeness (QED) is 0.726. The number of aliphatic hydroxyl groups is 1. The number of aliphatic hydroxyl groups excluding tert-OH is 1. The summed E-state index contributed by atoms with van der Waals surface area (Å²) in [5.74, 6) is 0.476. The maximum absolute atomic E-state index is 13.8. The molecule has 1 N–H and O–H groups in total. The molecule has 0 heterocycles. The standard InChI is InChI=1S/C19H24FNO3/c1-23-12-11-21(13-16-7-5-6-10-19(16)20)14-17(22)15-24-18-8-3-2-4-9-18/h2-10,17,22H,11-15H2,1H3/t17-/m1/s1. The fourth-order valence-electron chi connectivity index (χ4n) is 2.38. The largest absolute Gasteiger partial charge is 0.491 e. The van der Waals surface area contributed by atoms with Crippen LogP contribution in [0, 0.1) is 5.82 Å². The summed E-state index contributed by atoms with van der Waals surface area (Å²) in [5, 5.41) is 10.2. The van der Waals surface area contributed by atoms with Gasteiger partial charge in [-0.2, -0.15) is 0 Å². The molecule has 0 spiro atoms. The van der Waals surface area contributed by atoms with Crippen molar-refractivity contribution < 1.29 is 19.0 Å². The molecule has 1 atom stereocenters. The van der Waals surface area contributed by atoms with Gasteiger partial charge in [-0.15, -0.1) is 0 Å². The highest BCUT2D eigenvalue weighted by molar-refractivity contribution is 5.21. The first-order chi connectivity index (χ1) is 11.7. The van der Waals surface area contributed by atoms with Crippen molar-refractivity contribution in [1.29, 1.82) is 0 Å². The summed E-state index contributed by atoms with van der Waals surface area (Å²) in [7, 11) is 1.62. The summed E-state index contributed by atoms with van der Waals surface area (Å²) < 4.78 is 24.5. The average Bonchev–Trinajstić information content (AvgIpc) is 2.60. The van der Waals surface area contributed by atoms with Gasteiger partial charge >= 0.3 is 0 Å². The van der Waals surface area contributed by atoms with Gasteiger partial charge in [0.15, 0.2) is 0 Å². The van der Waals surface area contributed by atoms with Crippen molar-refractivity contribution >= 4 is 0 Å². The first-order valence-corrected chi connectivity index (χ1v) is 7.99. The first kappa shape index (κ1) is 18.4. The van der Waals surface area contributed by atoms with Gasteiger partial charge in [0.2, 0.25) is 0 Å². The van der Waals surface area contributed by atoms with Gasteiger partial charge in [0.25, 0.3) is 0 Å². The van der Waals surface area contributed by atoms with E-state index in [-0.39, 0.29) is 12.4 Å². The number of nitrogens with zero attached hydrogens (tertiary/aromatic N) is 1. The second kappa shape index (κ2) is 10.0. The van der Waals surface area contributed by atoms with E-state index in [4.69, 9.17) is 9.47 Å². The number of halogens is 1. The van der Waals surface area contributed by atoms with E-state index in [1.807, 2.05) is 41.3 Å². The van der Waals surface area contributed by atoms with E-state index in [0.29, 0.717) is 37.6 Å². The van der Waals surface area contributed by atoms with Crippen molar-refractivity contribution in [1.82, 2.24) is 4.90 Å². The van der Waals surface area contributed by atoms with Crippen molar-refractivity contribution in [2.45, 2.75) is 12.6 Å². The Hall–Kier alpha value is -1.95. The van der Waals surface area contributed by atoms with Gasteiger partial charge < -0.3 is 14.6 Å². The minimum absolute atomic E-state index is 0.185. The Kier molecular flexibility index (Phi) is 7.68. The van der Waals surface area contributed by atoms with Crippen LogP contribution in [0.15, 0.2) is 54.6 Å². The third-order valence-corrected chi connectivity index (χ3v) is 3.62. The van der Waals surface area contributed by atoms with Gasteiger partial charge in [0.05, 0.1) is 6.61 Å². The number of hydrogen-bond donors (Lipinski definition) is 1. The maximum atomic E-state index is 13.8. The molecule has 0 aliphatic rings. The summed E-state index contributed by atoms with van der Waals surface area (Å²) in [6, 6.07) is 16.0. The lowest BCUT2D eigenvalue weighted by atomic mass is 10.2. The normalized spacial score (nSPS) is 12.3. The van der Waals surface area contributed by atoms with Gasteiger partial charge in [-0.1, -0.05) is 36.4 Å². The Labute approximate surface area is 142 Å². The molecule has 0 aromatic heterocycles. The van der Waals surface area contributed by atoms with E-state index in [1.165, 1.54) is 6.07 Å². The van der Waals surface area contributed by atoms with Crippen LogP contribution in [0.3, 0.4) is 0 Å². The first-order valence-electron chi connectivity index (χ1n) is 7.99. The van der Waals surface area contributed by atoms with Crippen LogP contribution in [0.5, 0.6) is 5.75 Å². The molecule has 0 radical (unpaired) electrons. The monoisotopic (exact) mass is 333 g/mol. The van der Waals surface area contributed by atoms with Crippen molar-refractivity contribution in [3.8, 4) is 5.75 Å². The molecule has 4 nitrogen and oxygen atoms in total. The van der Waals surface area contributed by atoms with Crippen LogP contribution in [0.25, 0.3) is 0 Å². The molecule has 0 fully saturated rings. The highest BCUT2D eigenvalue weighted by atomic mass is 19.1. The highest BCUT2D eigenvalue weighted by Crippen LogP contribution is 2.12. The van der Waals surface area contributed by atoms with E-state index >= 15 is 0 Å². The fraction of sp³-hybridized carbons (Fsp3) is 0.368. The number of ether oxygens (including phenoxy) is 2. The fourth-order valence-corrected chi connectivity index (χ4v) is 2.38. The zero-order valence-corrected chi connectivity index (χ0v) is 13.9. The second-order valence-corrected chi connectivity index (χ2v) is 5.60. The summed E-state index contributed by atoms with van der Waals surface area (Å²) in [6.45, 7) is 2.10. The zero-order chi connectivity index (χ0) is 17.2.